The van der Waals surface area contributed by atoms with E-state index < -0.39 is 68.9 Å². The summed E-state index contributed by atoms with van der Waals surface area (Å²) in [6, 6.07) is 0. The van der Waals surface area contributed by atoms with Crippen LogP contribution in [-0.2, 0) is 38.4 Å². The number of carbonyl (C=O) groups is 8. The van der Waals surface area contributed by atoms with Crippen molar-refractivity contribution in [2.75, 3.05) is 52.4 Å². The maximum atomic E-state index is 13.3. The summed E-state index contributed by atoms with van der Waals surface area (Å²) in [7, 11) is 0. The number of rotatable bonds is 8. The number of nitrogens with one attached hydrogen (secondary N) is 8. The molecule has 0 atom stereocenters. The van der Waals surface area contributed by atoms with Crippen LogP contribution in [0.3, 0.4) is 0 Å². The average molecular weight is 737 g/mol. The molecular weight excluding hydrogens is 672 g/mol. The highest BCUT2D eigenvalue weighted by atomic mass is 16.2. The molecule has 52 heavy (non-hydrogen) atoms. The van der Waals surface area contributed by atoms with Crippen molar-refractivity contribution in [1.82, 2.24) is 42.5 Å². The van der Waals surface area contributed by atoms with Crippen LogP contribution in [0.4, 0.5) is 0 Å². The molecule has 0 aromatic rings. The van der Waals surface area contributed by atoms with E-state index in [4.69, 9.17) is 0 Å². The van der Waals surface area contributed by atoms with E-state index in [1.54, 1.807) is 55.4 Å². The normalized spacial score (nSPS) is 21.7. The summed E-state index contributed by atoms with van der Waals surface area (Å²) >= 11 is 0. The fraction of sp³-hybridized carbons (Fsp3) is 0.778. The molecule has 8 N–H and O–H groups in total. The monoisotopic (exact) mass is 736 g/mol. The second-order valence-corrected chi connectivity index (χ2v) is 13.2. The van der Waals surface area contributed by atoms with E-state index in [1.807, 2.05) is 0 Å². The Morgan fingerprint density at radius 2 is 0.365 bits per heavy atom. The van der Waals surface area contributed by atoms with Crippen molar-refractivity contribution in [3.63, 3.8) is 0 Å². The molecule has 1 rings (SSSR count). The lowest BCUT2D eigenvalue weighted by atomic mass is 9.79. The molecule has 0 aliphatic carbocycles. The van der Waals surface area contributed by atoms with Crippen molar-refractivity contribution in [1.29, 1.82) is 0 Å². The summed E-state index contributed by atoms with van der Waals surface area (Å²) in [5.74, 6) is -4.13. The molecule has 8 amide bonds. The third-order valence-corrected chi connectivity index (χ3v) is 11.1. The first-order valence-electron chi connectivity index (χ1n) is 18.9. The third-order valence-electron chi connectivity index (χ3n) is 11.1. The van der Waals surface area contributed by atoms with E-state index in [2.05, 4.69) is 42.5 Å². The van der Waals surface area contributed by atoms with E-state index >= 15 is 0 Å². The predicted octanol–water partition coefficient (Wildman–Crippen LogP) is 0.155. The third kappa shape index (κ3) is 10.00. The molecule has 296 valence electrons. The molecule has 1 heterocycles. The highest BCUT2D eigenvalue weighted by Gasteiger charge is 2.46. The van der Waals surface area contributed by atoms with E-state index in [9.17, 15) is 38.4 Å². The van der Waals surface area contributed by atoms with Gasteiger partial charge >= 0.3 is 0 Å². The van der Waals surface area contributed by atoms with Crippen molar-refractivity contribution in [2.24, 2.45) is 21.7 Å². The molecule has 16 nitrogen and oxygen atoms in total. The average Bonchev–Trinajstić information content (AvgIpc) is 3.14. The Balaban J connectivity index is 3.32. The first kappa shape index (κ1) is 45.8. The van der Waals surface area contributed by atoms with Crippen LogP contribution in [0.25, 0.3) is 0 Å². The van der Waals surface area contributed by atoms with Gasteiger partial charge in [0.05, 0.1) is 0 Å². The van der Waals surface area contributed by atoms with Crippen molar-refractivity contribution in [2.45, 2.75) is 107 Å². The van der Waals surface area contributed by atoms with E-state index in [-0.39, 0.29) is 104 Å². The van der Waals surface area contributed by atoms with Crippen LogP contribution in [0, 0.1) is 21.7 Å². The first-order chi connectivity index (χ1) is 24.7. The lowest BCUT2D eigenvalue weighted by Gasteiger charge is -2.31. The van der Waals surface area contributed by atoms with Crippen molar-refractivity contribution in [3.05, 3.63) is 0 Å². The lowest BCUT2D eigenvalue weighted by Crippen LogP contribution is -2.56. The van der Waals surface area contributed by atoms with Crippen molar-refractivity contribution in [3.8, 4) is 0 Å². The zero-order valence-electron chi connectivity index (χ0n) is 32.6. The van der Waals surface area contributed by atoms with Crippen LogP contribution in [-0.4, -0.2) is 99.6 Å². The van der Waals surface area contributed by atoms with Crippen LogP contribution in [0.2, 0.25) is 0 Å². The molecule has 0 radical (unpaired) electrons. The van der Waals surface area contributed by atoms with Gasteiger partial charge in [-0.1, -0.05) is 55.4 Å². The number of carbonyl (C=O) groups excluding carboxylic acids is 8. The smallest absolute Gasteiger partial charge is 0.235 e. The molecule has 0 saturated carbocycles. The van der Waals surface area contributed by atoms with Crippen molar-refractivity contribution >= 4 is 47.3 Å². The Bertz CT molecular complexity index is 999. The van der Waals surface area contributed by atoms with Crippen LogP contribution in [0.15, 0.2) is 0 Å². The maximum absolute atomic E-state index is 13.3. The second-order valence-electron chi connectivity index (χ2n) is 13.2. The van der Waals surface area contributed by atoms with Gasteiger partial charge in [0.25, 0.3) is 0 Å². The van der Waals surface area contributed by atoms with Crippen LogP contribution >= 0.6 is 0 Å². The quantitative estimate of drug-likeness (QED) is 0.160. The minimum Gasteiger partial charge on any atom is -0.353 e. The van der Waals surface area contributed by atoms with Crippen LogP contribution in [0.5, 0.6) is 0 Å². The molecule has 0 spiro atoms. The number of hydrogen-bond acceptors (Lipinski definition) is 8. The zero-order chi connectivity index (χ0) is 39.6. The SMILES string of the molecule is CCC1(CC)C(=O)NCCNC(=O)C(CC)(CC)C(=O)NCCNC(=O)C(CC)(CC)C(=O)NCCNC(=O)C(CC)(CC)C(=O)NCCNC1=O. The Hall–Kier alpha value is -4.24. The maximum Gasteiger partial charge on any atom is 0.235 e. The fourth-order valence-electron chi connectivity index (χ4n) is 6.74. The minimum absolute atomic E-state index is 0.00911. The largest absolute Gasteiger partial charge is 0.353 e. The molecule has 0 aromatic carbocycles. The predicted molar refractivity (Wildman–Crippen MR) is 196 cm³/mol. The summed E-state index contributed by atoms with van der Waals surface area (Å²) in [6.45, 7) is 13.9. The summed E-state index contributed by atoms with van der Waals surface area (Å²) in [4.78, 5) is 107. The second kappa shape index (κ2) is 21.3. The fourth-order valence-corrected chi connectivity index (χ4v) is 6.74. The van der Waals surface area contributed by atoms with Crippen LogP contribution < -0.4 is 42.5 Å². The summed E-state index contributed by atoms with van der Waals surface area (Å²) < 4.78 is 0. The first-order valence-corrected chi connectivity index (χ1v) is 18.9. The van der Waals surface area contributed by atoms with Gasteiger partial charge in [-0.15, -0.1) is 0 Å². The number of hydrogen-bond donors (Lipinski definition) is 8. The van der Waals surface area contributed by atoms with E-state index in [0.717, 1.165) is 0 Å². The standard InChI is InChI=1S/C36H64N8O8/c1-9-33(10-2)25(45)37-17-19-39-27(47)34(11-3,12-4)29(49)41-21-23-43-31(51)36(15-7,16-8)32(52)44-24-22-42-30(50)35(13-5,14-6)28(48)40-20-18-38-26(33)46/h9-24H2,1-8H3,(H,37,45)(H,38,46)(H,39,47)(H,40,48)(H,41,49)(H,42,50)(H,43,51)(H,44,52). The van der Waals surface area contributed by atoms with Gasteiger partial charge in [-0.3, -0.25) is 38.4 Å². The zero-order valence-corrected chi connectivity index (χ0v) is 32.6. The Kier molecular flexibility index (Phi) is 18.8. The summed E-state index contributed by atoms with van der Waals surface area (Å²) in [5.41, 5.74) is -5.60. The molecular formula is C36H64N8O8. The molecule has 1 fully saturated rings. The molecule has 1 aliphatic rings. The minimum atomic E-state index is -1.40. The Morgan fingerprint density at radius 1 is 0.269 bits per heavy atom. The van der Waals surface area contributed by atoms with Crippen molar-refractivity contribution < 1.29 is 38.4 Å². The highest BCUT2D eigenvalue weighted by Crippen LogP contribution is 2.30. The summed E-state index contributed by atoms with van der Waals surface area (Å²) in [6.07, 6.45) is 1.58. The van der Waals surface area contributed by atoms with Gasteiger partial charge in [0.2, 0.25) is 47.3 Å². The summed E-state index contributed by atoms with van der Waals surface area (Å²) in [5, 5.41) is 21.9. The van der Waals surface area contributed by atoms with Gasteiger partial charge in [0, 0.05) is 52.4 Å². The molecule has 16 heteroatoms. The van der Waals surface area contributed by atoms with Gasteiger partial charge in [0.1, 0.15) is 21.7 Å². The molecule has 1 saturated heterocycles. The van der Waals surface area contributed by atoms with Gasteiger partial charge < -0.3 is 42.5 Å². The lowest BCUT2D eigenvalue weighted by molar-refractivity contribution is -0.147. The number of amides is 8. The van der Waals surface area contributed by atoms with E-state index in [1.165, 1.54) is 0 Å². The highest BCUT2D eigenvalue weighted by molar-refractivity contribution is 6.07. The van der Waals surface area contributed by atoms with Gasteiger partial charge in [-0.25, -0.2) is 0 Å². The Labute approximate surface area is 308 Å². The molecule has 0 aromatic heterocycles. The molecule has 0 bridgehead atoms. The van der Waals surface area contributed by atoms with E-state index in [0.29, 0.717) is 0 Å². The van der Waals surface area contributed by atoms with Gasteiger partial charge in [-0.2, -0.15) is 0 Å². The van der Waals surface area contributed by atoms with Crippen LogP contribution in [0.1, 0.15) is 107 Å². The molecule has 0 unspecified atom stereocenters. The van der Waals surface area contributed by atoms with Gasteiger partial charge in [-0.05, 0) is 51.4 Å². The topological polar surface area (TPSA) is 233 Å². The van der Waals surface area contributed by atoms with Gasteiger partial charge in [0.15, 0.2) is 0 Å². The Morgan fingerprint density at radius 3 is 0.442 bits per heavy atom. The molecule has 1 aliphatic heterocycles.